The van der Waals surface area contributed by atoms with Gasteiger partial charge in [0, 0.05) is 10.4 Å². The van der Waals surface area contributed by atoms with Crippen LogP contribution in [0.4, 0.5) is 0 Å². The highest BCUT2D eigenvalue weighted by molar-refractivity contribution is 6.30. The zero-order chi connectivity index (χ0) is 11.6. The molecule has 88 valence electrons. The number of halogens is 1. The van der Waals surface area contributed by atoms with E-state index < -0.39 is 0 Å². The number of rotatable bonds is 4. The van der Waals surface area contributed by atoms with Crippen molar-refractivity contribution in [2.75, 3.05) is 19.8 Å². The molecule has 1 aliphatic rings. The van der Waals surface area contributed by atoms with Crippen molar-refractivity contribution in [1.29, 1.82) is 0 Å². The summed E-state index contributed by atoms with van der Waals surface area (Å²) in [6.45, 7) is 4.65. The molecule has 0 spiro atoms. The summed E-state index contributed by atoms with van der Waals surface area (Å²) in [6.07, 6.45) is 1.09. The van der Waals surface area contributed by atoms with Gasteiger partial charge in [0.1, 0.15) is 0 Å². The molecule has 0 aliphatic carbocycles. The zero-order valence-electron chi connectivity index (χ0n) is 9.58. The molecule has 1 saturated heterocycles. The van der Waals surface area contributed by atoms with Crippen molar-refractivity contribution >= 4 is 11.6 Å². The van der Waals surface area contributed by atoms with Crippen molar-refractivity contribution in [3.63, 3.8) is 0 Å². The fourth-order valence-electron chi connectivity index (χ4n) is 2.24. The van der Waals surface area contributed by atoms with Gasteiger partial charge in [-0.25, -0.2) is 0 Å². The average Bonchev–Trinajstić information content (AvgIpc) is 2.25. The van der Waals surface area contributed by atoms with Gasteiger partial charge in [-0.2, -0.15) is 0 Å². The summed E-state index contributed by atoms with van der Waals surface area (Å²) in [4.78, 5) is 0. The Morgan fingerprint density at radius 2 is 2.00 bits per heavy atom. The molecule has 2 nitrogen and oxygen atoms in total. The van der Waals surface area contributed by atoms with Crippen molar-refractivity contribution in [2.24, 2.45) is 11.1 Å². The molecule has 0 bridgehead atoms. The van der Waals surface area contributed by atoms with Crippen molar-refractivity contribution in [3.8, 4) is 0 Å². The Bertz CT molecular complexity index is 345. The predicted octanol–water partition coefficient (Wildman–Crippen LogP) is 2.81. The molecule has 1 aromatic rings. The second kappa shape index (κ2) is 4.74. The third kappa shape index (κ3) is 2.57. The molecule has 1 unspecified atom stereocenters. The zero-order valence-corrected chi connectivity index (χ0v) is 10.3. The van der Waals surface area contributed by atoms with Gasteiger partial charge in [0.05, 0.1) is 13.2 Å². The molecule has 1 fully saturated rings. The first kappa shape index (κ1) is 11.9. The van der Waals surface area contributed by atoms with Crippen LogP contribution in [0.25, 0.3) is 0 Å². The maximum absolute atomic E-state index is 5.88. The predicted molar refractivity (Wildman–Crippen MR) is 66.8 cm³/mol. The molecule has 0 saturated carbocycles. The van der Waals surface area contributed by atoms with Gasteiger partial charge in [-0.3, -0.25) is 0 Å². The fraction of sp³-hybridized carbons (Fsp3) is 0.538. The molecule has 0 amide bonds. The molecule has 2 N–H and O–H groups in total. The number of hydrogen-bond donors (Lipinski definition) is 1. The van der Waals surface area contributed by atoms with E-state index in [1.165, 1.54) is 5.56 Å². The highest BCUT2D eigenvalue weighted by atomic mass is 35.5. The number of hydrogen-bond acceptors (Lipinski definition) is 2. The molecular formula is C13H18ClNO. The van der Waals surface area contributed by atoms with E-state index in [-0.39, 0.29) is 0 Å². The van der Waals surface area contributed by atoms with Crippen LogP contribution in [0.15, 0.2) is 24.3 Å². The molecule has 0 aromatic heterocycles. The van der Waals surface area contributed by atoms with Gasteiger partial charge in [-0.05, 0) is 36.6 Å². The lowest BCUT2D eigenvalue weighted by Gasteiger charge is -2.40. The first-order chi connectivity index (χ1) is 7.63. The van der Waals surface area contributed by atoms with E-state index in [0.717, 1.165) is 24.7 Å². The second-order valence-corrected chi connectivity index (χ2v) is 5.43. The summed E-state index contributed by atoms with van der Waals surface area (Å²) in [5.74, 6) is 0.408. The maximum atomic E-state index is 5.88. The van der Waals surface area contributed by atoms with Crippen LogP contribution in [-0.4, -0.2) is 19.8 Å². The van der Waals surface area contributed by atoms with Gasteiger partial charge in [-0.1, -0.05) is 30.7 Å². The molecule has 3 heteroatoms. The number of ether oxygens (including phenoxy) is 1. The van der Waals surface area contributed by atoms with Gasteiger partial charge >= 0.3 is 0 Å². The minimum absolute atomic E-state index is 0.309. The van der Waals surface area contributed by atoms with Crippen molar-refractivity contribution in [3.05, 3.63) is 34.9 Å². The van der Waals surface area contributed by atoms with Gasteiger partial charge in [0.2, 0.25) is 0 Å². The Hall–Kier alpha value is -0.570. The topological polar surface area (TPSA) is 35.2 Å². The van der Waals surface area contributed by atoms with Gasteiger partial charge < -0.3 is 10.5 Å². The molecule has 1 aromatic carbocycles. The van der Waals surface area contributed by atoms with E-state index in [9.17, 15) is 0 Å². The third-order valence-electron chi connectivity index (χ3n) is 3.27. The average molecular weight is 240 g/mol. The summed E-state index contributed by atoms with van der Waals surface area (Å²) < 4.78 is 5.28. The van der Waals surface area contributed by atoms with Crippen LogP contribution in [0.5, 0.6) is 0 Å². The normalized spacial score (nSPS) is 20.2. The minimum atomic E-state index is 0.309. The van der Waals surface area contributed by atoms with E-state index in [1.54, 1.807) is 0 Å². The van der Waals surface area contributed by atoms with E-state index in [0.29, 0.717) is 17.9 Å². The van der Waals surface area contributed by atoms with Crippen LogP contribution in [0.2, 0.25) is 5.02 Å². The Balaban J connectivity index is 2.07. The molecular weight excluding hydrogens is 222 g/mol. The lowest BCUT2D eigenvalue weighted by atomic mass is 9.77. The Kier molecular flexibility index (Phi) is 3.53. The largest absolute Gasteiger partial charge is 0.380 e. The fourth-order valence-corrected chi connectivity index (χ4v) is 2.36. The highest BCUT2D eigenvalue weighted by Gasteiger charge is 2.35. The van der Waals surface area contributed by atoms with E-state index in [2.05, 4.69) is 19.1 Å². The smallest absolute Gasteiger partial charge is 0.0542 e. The van der Waals surface area contributed by atoms with Crippen LogP contribution in [0, 0.1) is 5.41 Å². The van der Waals surface area contributed by atoms with E-state index in [1.807, 2.05) is 12.1 Å². The summed E-state index contributed by atoms with van der Waals surface area (Å²) in [6, 6.07) is 8.00. The minimum Gasteiger partial charge on any atom is -0.380 e. The van der Waals surface area contributed by atoms with Crippen molar-refractivity contribution in [2.45, 2.75) is 19.3 Å². The molecule has 0 radical (unpaired) electrons. The maximum Gasteiger partial charge on any atom is 0.0542 e. The Morgan fingerprint density at radius 3 is 2.44 bits per heavy atom. The van der Waals surface area contributed by atoms with E-state index >= 15 is 0 Å². The van der Waals surface area contributed by atoms with Crippen molar-refractivity contribution < 1.29 is 4.74 Å². The lowest BCUT2D eigenvalue weighted by molar-refractivity contribution is -0.108. The van der Waals surface area contributed by atoms with Gasteiger partial charge in [0.25, 0.3) is 0 Å². The molecule has 1 aliphatic heterocycles. The lowest BCUT2D eigenvalue weighted by Crippen LogP contribution is -2.41. The van der Waals surface area contributed by atoms with Gasteiger partial charge in [-0.15, -0.1) is 0 Å². The third-order valence-corrected chi connectivity index (χ3v) is 3.52. The SMILES string of the molecule is CC1(CC(CN)c2ccc(Cl)cc2)COC1. The molecule has 1 heterocycles. The Morgan fingerprint density at radius 1 is 1.38 bits per heavy atom. The summed E-state index contributed by atoms with van der Waals surface area (Å²) in [5.41, 5.74) is 7.44. The molecule has 1 atom stereocenters. The van der Waals surface area contributed by atoms with Crippen LogP contribution < -0.4 is 5.73 Å². The summed E-state index contributed by atoms with van der Waals surface area (Å²) in [7, 11) is 0. The first-order valence-electron chi connectivity index (χ1n) is 5.66. The van der Waals surface area contributed by atoms with Crippen LogP contribution in [0.3, 0.4) is 0 Å². The first-order valence-corrected chi connectivity index (χ1v) is 6.04. The standard InChI is InChI=1S/C13H18ClNO/c1-13(8-16-9-13)6-11(7-15)10-2-4-12(14)5-3-10/h2-5,11H,6-9,15H2,1H3. The van der Waals surface area contributed by atoms with Crippen LogP contribution >= 0.6 is 11.6 Å². The Labute approximate surface area is 102 Å². The summed E-state index contributed by atoms with van der Waals surface area (Å²) >= 11 is 5.88. The van der Waals surface area contributed by atoms with E-state index in [4.69, 9.17) is 22.1 Å². The second-order valence-electron chi connectivity index (χ2n) is 4.99. The van der Waals surface area contributed by atoms with Crippen LogP contribution in [0.1, 0.15) is 24.8 Å². The van der Waals surface area contributed by atoms with Gasteiger partial charge in [0.15, 0.2) is 0 Å². The summed E-state index contributed by atoms with van der Waals surface area (Å²) in [5, 5.41) is 0.776. The molecule has 16 heavy (non-hydrogen) atoms. The quantitative estimate of drug-likeness (QED) is 0.877. The monoisotopic (exact) mass is 239 g/mol. The number of nitrogens with two attached hydrogens (primary N) is 1. The molecule has 2 rings (SSSR count). The van der Waals surface area contributed by atoms with Crippen LogP contribution in [-0.2, 0) is 4.74 Å². The van der Waals surface area contributed by atoms with Crippen molar-refractivity contribution in [1.82, 2.24) is 0 Å². The number of benzene rings is 1. The highest BCUT2D eigenvalue weighted by Crippen LogP contribution is 2.37.